The summed E-state index contributed by atoms with van der Waals surface area (Å²) in [6.45, 7) is 11.2. The van der Waals surface area contributed by atoms with E-state index in [4.69, 9.17) is 0 Å². The Morgan fingerprint density at radius 3 is 2.35 bits per heavy atom. The number of fused-ring (bicyclic) bond motifs is 1. The van der Waals surface area contributed by atoms with Gasteiger partial charge in [-0.15, -0.1) is 0 Å². The fourth-order valence-corrected chi connectivity index (χ4v) is 5.25. The molecule has 6 nitrogen and oxygen atoms in total. The van der Waals surface area contributed by atoms with Crippen molar-refractivity contribution in [3.63, 3.8) is 0 Å². The van der Waals surface area contributed by atoms with Gasteiger partial charge in [-0.05, 0) is 56.8 Å². The molecule has 0 saturated carbocycles. The predicted octanol–water partition coefficient (Wildman–Crippen LogP) is 4.31. The lowest BCUT2D eigenvalue weighted by molar-refractivity contribution is 0.0983. The molecule has 0 bridgehead atoms. The first-order valence-corrected chi connectivity index (χ1v) is 13.1. The first-order valence-electron chi connectivity index (χ1n) is 10.4. The number of amides is 1. The third kappa shape index (κ3) is 5.31. The first kappa shape index (κ1) is 23.4. The number of nitrogens with zero attached hydrogens (tertiary/aromatic N) is 3. The van der Waals surface area contributed by atoms with E-state index in [-0.39, 0.29) is 10.8 Å². The Bertz CT molecular complexity index is 1200. The molecule has 8 heteroatoms. The molecule has 0 N–H and O–H groups in total. The molecule has 1 heterocycles. The second-order valence-corrected chi connectivity index (χ2v) is 10.7. The lowest BCUT2D eigenvalue weighted by Crippen LogP contribution is -2.39. The topological polar surface area (TPSA) is 70.6 Å². The molecular weight excluding hydrogens is 430 g/mol. The van der Waals surface area contributed by atoms with Gasteiger partial charge in [0.05, 0.1) is 15.1 Å². The van der Waals surface area contributed by atoms with Crippen LogP contribution >= 0.6 is 11.3 Å². The van der Waals surface area contributed by atoms with Crippen LogP contribution < -0.4 is 4.90 Å². The molecule has 0 aliphatic rings. The second kappa shape index (κ2) is 9.46. The van der Waals surface area contributed by atoms with E-state index < -0.39 is 9.84 Å². The Hall–Kier alpha value is -2.29. The molecule has 0 fully saturated rings. The van der Waals surface area contributed by atoms with E-state index in [1.54, 1.807) is 23.1 Å². The zero-order chi connectivity index (χ0) is 22.8. The number of anilines is 1. The van der Waals surface area contributed by atoms with Gasteiger partial charge in [0, 0.05) is 24.9 Å². The third-order valence-corrected chi connectivity index (χ3v) is 7.55. The van der Waals surface area contributed by atoms with Gasteiger partial charge in [-0.1, -0.05) is 42.9 Å². The fraction of sp³-hybridized carbons (Fsp3) is 0.391. The van der Waals surface area contributed by atoms with Crippen molar-refractivity contribution < 1.29 is 13.2 Å². The van der Waals surface area contributed by atoms with Gasteiger partial charge in [0.25, 0.3) is 5.91 Å². The van der Waals surface area contributed by atoms with E-state index in [2.05, 4.69) is 23.7 Å². The van der Waals surface area contributed by atoms with E-state index in [9.17, 15) is 13.2 Å². The highest BCUT2D eigenvalue weighted by molar-refractivity contribution is 7.90. The molecular formula is C23H29N3O3S2. The van der Waals surface area contributed by atoms with Crippen LogP contribution in [0.15, 0.2) is 41.3 Å². The van der Waals surface area contributed by atoms with Crippen LogP contribution in [-0.4, -0.2) is 56.6 Å². The van der Waals surface area contributed by atoms with Crippen molar-refractivity contribution in [3.05, 3.63) is 53.1 Å². The van der Waals surface area contributed by atoms with E-state index in [0.717, 1.165) is 35.5 Å². The van der Waals surface area contributed by atoms with Crippen LogP contribution in [0.3, 0.4) is 0 Å². The number of likely N-dealkylation sites (N-methyl/N-ethyl adjacent to an activating group) is 1. The van der Waals surface area contributed by atoms with Crippen molar-refractivity contribution in [1.82, 2.24) is 9.88 Å². The molecule has 1 aromatic heterocycles. The summed E-state index contributed by atoms with van der Waals surface area (Å²) in [6.07, 6.45) is 1.19. The van der Waals surface area contributed by atoms with E-state index in [1.807, 2.05) is 32.0 Å². The minimum Gasteiger partial charge on any atom is -0.302 e. The highest BCUT2D eigenvalue weighted by atomic mass is 32.2. The molecule has 0 saturated heterocycles. The van der Waals surface area contributed by atoms with Gasteiger partial charge in [-0.3, -0.25) is 9.69 Å². The SMILES string of the molecule is CCN(CC)CCN(C(=O)c1ccc(C)cc1C)c1nc2ccc(S(C)(=O)=O)cc2s1. The molecule has 166 valence electrons. The average molecular weight is 460 g/mol. The van der Waals surface area contributed by atoms with E-state index in [0.29, 0.717) is 22.8 Å². The molecule has 31 heavy (non-hydrogen) atoms. The van der Waals surface area contributed by atoms with Crippen molar-refractivity contribution in [1.29, 1.82) is 0 Å². The van der Waals surface area contributed by atoms with Gasteiger partial charge in [-0.2, -0.15) is 0 Å². The number of hydrogen-bond donors (Lipinski definition) is 0. The van der Waals surface area contributed by atoms with E-state index >= 15 is 0 Å². The molecule has 1 amide bonds. The van der Waals surface area contributed by atoms with Gasteiger partial charge >= 0.3 is 0 Å². The van der Waals surface area contributed by atoms with Crippen molar-refractivity contribution >= 4 is 42.4 Å². The van der Waals surface area contributed by atoms with Gasteiger partial charge in [0.15, 0.2) is 15.0 Å². The van der Waals surface area contributed by atoms with Crippen molar-refractivity contribution in [2.24, 2.45) is 0 Å². The lowest BCUT2D eigenvalue weighted by Gasteiger charge is -2.25. The Morgan fingerprint density at radius 2 is 1.74 bits per heavy atom. The van der Waals surface area contributed by atoms with Crippen LogP contribution in [0.25, 0.3) is 10.2 Å². The molecule has 0 aliphatic carbocycles. The fourth-order valence-electron chi connectivity index (χ4n) is 3.50. The number of sulfone groups is 1. The largest absolute Gasteiger partial charge is 0.302 e. The average Bonchev–Trinajstić information content (AvgIpc) is 3.13. The monoisotopic (exact) mass is 459 g/mol. The zero-order valence-electron chi connectivity index (χ0n) is 18.7. The van der Waals surface area contributed by atoms with Gasteiger partial charge < -0.3 is 4.90 Å². The summed E-state index contributed by atoms with van der Waals surface area (Å²) in [5.41, 5.74) is 3.38. The Labute approximate surface area is 188 Å². The highest BCUT2D eigenvalue weighted by Crippen LogP contribution is 2.32. The maximum Gasteiger partial charge on any atom is 0.260 e. The number of aryl methyl sites for hydroxylation is 2. The number of hydrogen-bond acceptors (Lipinski definition) is 6. The maximum atomic E-state index is 13.5. The summed E-state index contributed by atoms with van der Waals surface area (Å²) in [4.78, 5) is 22.5. The number of carbonyl (C=O) groups is 1. The Balaban J connectivity index is 2.03. The Kier molecular flexibility index (Phi) is 7.13. The number of thiazole rings is 1. The standard InChI is InChI=1S/C23H29N3O3S2/c1-6-25(7-2)12-13-26(22(27)19-10-8-16(3)14-17(19)4)23-24-20-11-9-18(31(5,28)29)15-21(20)30-23/h8-11,14-15H,6-7,12-13H2,1-5H3. The summed E-state index contributed by atoms with van der Waals surface area (Å²) in [7, 11) is -3.31. The van der Waals surface area contributed by atoms with Crippen molar-refractivity contribution in [3.8, 4) is 0 Å². The zero-order valence-corrected chi connectivity index (χ0v) is 20.3. The van der Waals surface area contributed by atoms with Crippen molar-refractivity contribution in [2.45, 2.75) is 32.6 Å². The summed E-state index contributed by atoms with van der Waals surface area (Å²) in [5, 5.41) is 0.581. The van der Waals surface area contributed by atoms with Crippen LogP contribution in [0.1, 0.15) is 35.3 Å². The molecule has 0 atom stereocenters. The lowest BCUT2D eigenvalue weighted by atomic mass is 10.0. The molecule has 0 aliphatic heterocycles. The van der Waals surface area contributed by atoms with Gasteiger partial charge in [0.1, 0.15) is 0 Å². The summed E-state index contributed by atoms with van der Waals surface area (Å²) in [6, 6.07) is 10.7. The van der Waals surface area contributed by atoms with Crippen LogP contribution in [0.2, 0.25) is 0 Å². The number of benzene rings is 2. The van der Waals surface area contributed by atoms with E-state index in [1.165, 1.54) is 17.6 Å². The normalized spacial score (nSPS) is 11.9. The number of rotatable bonds is 8. The van der Waals surface area contributed by atoms with Gasteiger partial charge in [-0.25, -0.2) is 13.4 Å². The molecule has 3 rings (SSSR count). The minimum absolute atomic E-state index is 0.0907. The maximum absolute atomic E-state index is 13.5. The molecule has 0 unspecified atom stereocenters. The number of carbonyl (C=O) groups excluding carboxylic acids is 1. The summed E-state index contributed by atoms with van der Waals surface area (Å²) >= 11 is 1.35. The second-order valence-electron chi connectivity index (χ2n) is 7.70. The highest BCUT2D eigenvalue weighted by Gasteiger charge is 2.23. The summed E-state index contributed by atoms with van der Waals surface area (Å²) < 4.78 is 24.6. The minimum atomic E-state index is -3.31. The molecule has 2 aromatic carbocycles. The van der Waals surface area contributed by atoms with Crippen LogP contribution in [0.4, 0.5) is 5.13 Å². The molecule has 0 radical (unpaired) electrons. The van der Waals surface area contributed by atoms with Crippen LogP contribution in [0, 0.1) is 13.8 Å². The van der Waals surface area contributed by atoms with Crippen LogP contribution in [0.5, 0.6) is 0 Å². The molecule has 3 aromatic rings. The third-order valence-electron chi connectivity index (χ3n) is 5.40. The molecule has 0 spiro atoms. The first-order chi connectivity index (χ1) is 14.6. The quantitative estimate of drug-likeness (QED) is 0.502. The summed E-state index contributed by atoms with van der Waals surface area (Å²) in [5.74, 6) is -0.0907. The van der Waals surface area contributed by atoms with Gasteiger partial charge in [0.2, 0.25) is 0 Å². The van der Waals surface area contributed by atoms with Crippen LogP contribution in [-0.2, 0) is 9.84 Å². The number of aromatic nitrogens is 1. The Morgan fingerprint density at radius 1 is 1.03 bits per heavy atom. The van der Waals surface area contributed by atoms with Crippen molar-refractivity contribution in [2.75, 3.05) is 37.3 Å². The smallest absolute Gasteiger partial charge is 0.260 e. The predicted molar refractivity (Wildman–Crippen MR) is 128 cm³/mol.